The summed E-state index contributed by atoms with van der Waals surface area (Å²) in [7, 11) is 4.69. The molecule has 1 aromatic rings. The fraction of sp³-hybridized carbons (Fsp3) is 0.720. The molecule has 0 bridgehead atoms. The van der Waals surface area contributed by atoms with E-state index in [9.17, 15) is 43.5 Å². The molecule has 16 nitrogen and oxygen atoms in total. The van der Waals surface area contributed by atoms with Crippen LogP contribution < -0.4 is 10.6 Å². The summed E-state index contributed by atoms with van der Waals surface area (Å²) in [6.45, 7) is 15.6. The van der Waals surface area contributed by atoms with Gasteiger partial charge < -0.3 is 35.0 Å². The number of unbranched alkanes of at least 4 members (excludes halogenated alkanes) is 2. The van der Waals surface area contributed by atoms with Crippen molar-refractivity contribution in [2.24, 2.45) is 35.5 Å². The summed E-state index contributed by atoms with van der Waals surface area (Å²) in [6, 6.07) is 6.08. The van der Waals surface area contributed by atoms with Crippen LogP contribution in [0.15, 0.2) is 30.3 Å². The lowest BCUT2D eigenvalue weighted by atomic mass is 9.84. The first-order valence-corrected chi connectivity index (χ1v) is 24.0. The van der Waals surface area contributed by atoms with E-state index in [2.05, 4.69) is 10.6 Å². The smallest absolute Gasteiger partial charge is 0.326 e. The van der Waals surface area contributed by atoms with Crippen LogP contribution in [0.2, 0.25) is 0 Å². The van der Waals surface area contributed by atoms with Gasteiger partial charge in [0.1, 0.15) is 6.04 Å². The van der Waals surface area contributed by atoms with Gasteiger partial charge >= 0.3 is 5.97 Å². The average Bonchev–Trinajstić information content (AvgIpc) is 3.86. The molecule has 0 spiro atoms. The minimum Gasteiger partial charge on any atom is -0.480 e. The number of imide groups is 1. The maximum Gasteiger partial charge on any atom is 0.326 e. The number of hydrogen-bond donors (Lipinski definition) is 3. The first-order chi connectivity index (χ1) is 31.2. The minimum absolute atomic E-state index is 0.0603. The van der Waals surface area contributed by atoms with Crippen LogP contribution >= 0.6 is 0 Å². The molecule has 66 heavy (non-hydrogen) atoms. The molecule has 2 saturated heterocycles. The second-order valence-electron chi connectivity index (χ2n) is 19.3. The Hall–Kier alpha value is -4.70. The van der Waals surface area contributed by atoms with E-state index in [1.54, 1.807) is 55.0 Å². The lowest BCUT2D eigenvalue weighted by molar-refractivity contribution is -0.149. The molecule has 16 heteroatoms. The number of carbonyl (C=O) groups excluding carboxylic acids is 7. The van der Waals surface area contributed by atoms with Crippen molar-refractivity contribution in [3.63, 3.8) is 0 Å². The zero-order valence-electron chi connectivity index (χ0n) is 41.4. The monoisotopic (exact) mass is 926 g/mol. The van der Waals surface area contributed by atoms with E-state index >= 15 is 0 Å². The van der Waals surface area contributed by atoms with Crippen molar-refractivity contribution in [2.45, 2.75) is 162 Å². The van der Waals surface area contributed by atoms with Gasteiger partial charge in [-0.05, 0) is 49.0 Å². The molecule has 10 atom stereocenters. The third kappa shape index (κ3) is 15.2. The quantitative estimate of drug-likeness (QED) is 0.0749. The van der Waals surface area contributed by atoms with Crippen molar-refractivity contribution in [3.8, 4) is 0 Å². The van der Waals surface area contributed by atoms with Gasteiger partial charge in [-0.3, -0.25) is 38.5 Å². The predicted octanol–water partition coefficient (Wildman–Crippen LogP) is 5.05. The Morgan fingerprint density at radius 2 is 1.56 bits per heavy atom. The summed E-state index contributed by atoms with van der Waals surface area (Å²) < 4.78 is 11.9. The third-order valence-electron chi connectivity index (χ3n) is 13.8. The Morgan fingerprint density at radius 1 is 0.894 bits per heavy atom. The number of carboxylic acids is 1. The number of rotatable bonds is 28. The number of amides is 6. The number of likely N-dealkylation sites (tertiary alicyclic amines) is 2. The van der Waals surface area contributed by atoms with Crippen LogP contribution in [0.25, 0.3) is 0 Å². The minimum atomic E-state index is -1.16. The lowest BCUT2D eigenvalue weighted by Crippen LogP contribution is -2.55. The van der Waals surface area contributed by atoms with Crippen molar-refractivity contribution in [1.82, 2.24) is 25.3 Å². The van der Waals surface area contributed by atoms with Crippen molar-refractivity contribution in [3.05, 3.63) is 35.9 Å². The summed E-state index contributed by atoms with van der Waals surface area (Å²) in [6.07, 6.45) is 2.60. The van der Waals surface area contributed by atoms with Crippen LogP contribution in [0.5, 0.6) is 0 Å². The Kier molecular flexibility index (Phi) is 22.4. The number of aliphatic carboxylic acids is 1. The lowest BCUT2D eigenvalue weighted by Gasteiger charge is -2.41. The Bertz CT molecular complexity index is 1810. The number of nitrogens with zero attached hydrogens (tertiary/aromatic N) is 3. The maximum atomic E-state index is 14.6. The fourth-order valence-electron chi connectivity index (χ4n) is 9.55. The number of likely N-dealkylation sites (N-methyl/N-ethyl adjacent to an activating group) is 1. The van der Waals surface area contributed by atoms with Crippen molar-refractivity contribution in [1.29, 1.82) is 0 Å². The number of ether oxygens (including phenoxy) is 2. The van der Waals surface area contributed by atoms with Crippen LogP contribution in [-0.4, -0.2) is 138 Å². The van der Waals surface area contributed by atoms with Gasteiger partial charge in [0, 0.05) is 71.9 Å². The number of carboxylic acid groups (broad SMARTS) is 1. The van der Waals surface area contributed by atoms with Gasteiger partial charge in [-0.1, -0.05) is 98.6 Å². The van der Waals surface area contributed by atoms with Gasteiger partial charge in [-0.2, -0.15) is 0 Å². The summed E-state index contributed by atoms with van der Waals surface area (Å²) >= 11 is 0. The highest BCUT2D eigenvalue weighted by Crippen LogP contribution is 2.31. The number of benzene rings is 1. The molecule has 2 aliphatic heterocycles. The molecule has 0 saturated carbocycles. The van der Waals surface area contributed by atoms with Gasteiger partial charge in [-0.15, -0.1) is 0 Å². The summed E-state index contributed by atoms with van der Waals surface area (Å²) in [5.74, 6) is -5.36. The van der Waals surface area contributed by atoms with E-state index in [-0.39, 0.29) is 91.1 Å². The molecule has 370 valence electrons. The van der Waals surface area contributed by atoms with Gasteiger partial charge in [0.15, 0.2) is 5.78 Å². The maximum absolute atomic E-state index is 14.6. The first kappa shape index (κ1) is 55.6. The normalized spacial score (nSPS) is 20.1. The van der Waals surface area contributed by atoms with Gasteiger partial charge in [-0.25, -0.2) is 4.79 Å². The fourth-order valence-corrected chi connectivity index (χ4v) is 9.55. The summed E-state index contributed by atoms with van der Waals surface area (Å²) in [5.41, 5.74) is 0.766. The highest BCUT2D eigenvalue weighted by molar-refractivity contribution is 6.03. The second-order valence-corrected chi connectivity index (χ2v) is 19.3. The zero-order chi connectivity index (χ0) is 49.4. The molecule has 0 aromatic heterocycles. The van der Waals surface area contributed by atoms with E-state index in [1.807, 2.05) is 47.6 Å². The van der Waals surface area contributed by atoms with E-state index < -0.39 is 60.1 Å². The molecule has 3 N–H and O–H groups in total. The topological polar surface area (TPSA) is 209 Å². The van der Waals surface area contributed by atoms with Crippen LogP contribution in [0.3, 0.4) is 0 Å². The molecule has 3 rings (SSSR count). The van der Waals surface area contributed by atoms with Gasteiger partial charge in [0.25, 0.3) is 0 Å². The molecule has 2 fully saturated rings. The summed E-state index contributed by atoms with van der Waals surface area (Å²) in [5, 5.41) is 15.5. The molecule has 1 unspecified atom stereocenters. The Balaban J connectivity index is 1.68. The van der Waals surface area contributed by atoms with E-state index in [0.717, 1.165) is 5.56 Å². The molecular formula is C50H79N5O11. The number of carbonyl (C=O) groups is 8. The Morgan fingerprint density at radius 3 is 2.11 bits per heavy atom. The molecule has 1 aromatic carbocycles. The molecule has 6 amide bonds. The molecule has 0 aliphatic carbocycles. The van der Waals surface area contributed by atoms with Crippen molar-refractivity contribution >= 4 is 47.2 Å². The zero-order valence-corrected chi connectivity index (χ0v) is 41.4. The van der Waals surface area contributed by atoms with Crippen LogP contribution in [0, 0.1) is 35.5 Å². The highest BCUT2D eigenvalue weighted by atomic mass is 16.5. The van der Waals surface area contributed by atoms with E-state index in [1.165, 1.54) is 19.1 Å². The number of Topliss-reactive ketones (excluding diaryl/α,β-unsaturated/α-hetero) is 1. The standard InChI is InChI=1S/C50H79N5O11/c1-12-32(6)45(40(65-10)29-43(59)54-25-19-22-38(54)46(66-11)34(8)47(60)51-37(50(63)64)27-35-20-15-13-16-21-35)53(9)49(62)36(30(2)3)28-39(56)44(31(4)5)52-41(57)23-17-14-18-24-55-42(58)26-33(7)48(55)61/h13,15-16,20-21,30-34,36-38,40,44-46H,12,14,17-19,22-29H2,1-11H3,(H,51,60)(H,52,57)(H,63,64)/t32-,33?,34+,36-,37-,38-,40+,44-,45-,46+/m0/s1. The van der Waals surface area contributed by atoms with Crippen molar-refractivity contribution in [2.75, 3.05) is 34.4 Å². The SMILES string of the molecule is CC[C@H](C)[C@@H]([C@@H](CC(=O)N1CCC[C@H]1[C@H](OC)[C@@H](C)C(=O)N[C@@H](Cc1ccccc1)C(=O)O)OC)N(C)C(=O)[C@@H](CC(=O)[C@@H](NC(=O)CCCCCN1C(=O)CC(C)C1=O)C(C)C)C(C)C. The first-order valence-electron chi connectivity index (χ1n) is 24.0. The summed E-state index contributed by atoms with van der Waals surface area (Å²) in [4.78, 5) is 111. The molecular weight excluding hydrogens is 847 g/mol. The molecule has 2 heterocycles. The van der Waals surface area contributed by atoms with Crippen molar-refractivity contribution < 1.29 is 52.9 Å². The highest BCUT2D eigenvalue weighted by Gasteiger charge is 2.44. The van der Waals surface area contributed by atoms with Gasteiger partial charge in [0.05, 0.1) is 42.7 Å². The number of hydrogen-bond acceptors (Lipinski definition) is 10. The third-order valence-corrected chi connectivity index (χ3v) is 13.8. The van der Waals surface area contributed by atoms with Crippen LogP contribution in [-0.2, 0) is 54.3 Å². The average molecular weight is 926 g/mol. The number of methoxy groups -OCH3 is 2. The van der Waals surface area contributed by atoms with E-state index in [4.69, 9.17) is 9.47 Å². The van der Waals surface area contributed by atoms with Gasteiger partial charge in [0.2, 0.25) is 35.4 Å². The van der Waals surface area contributed by atoms with Crippen LogP contribution in [0.4, 0.5) is 0 Å². The number of nitrogens with one attached hydrogen (secondary N) is 2. The van der Waals surface area contributed by atoms with E-state index in [0.29, 0.717) is 51.6 Å². The van der Waals surface area contributed by atoms with Crippen LogP contribution in [0.1, 0.15) is 125 Å². The molecule has 2 aliphatic rings. The largest absolute Gasteiger partial charge is 0.480 e. The Labute approximate surface area is 392 Å². The molecule has 0 radical (unpaired) electrons. The number of ketones is 1. The second kappa shape index (κ2) is 26.6. The predicted molar refractivity (Wildman–Crippen MR) is 250 cm³/mol.